The predicted molar refractivity (Wildman–Crippen MR) is 70.6 cm³/mol. The fourth-order valence-electron chi connectivity index (χ4n) is 1.14. The second-order valence-corrected chi connectivity index (χ2v) is 7.54. The Kier molecular flexibility index (Phi) is 4.97. The van der Waals surface area contributed by atoms with Crippen LogP contribution in [0, 0.1) is 0 Å². The SMILES string of the molecule is COC(=O)C(C)SS(=O)(=O)N(C)c1ccncc1. The van der Waals surface area contributed by atoms with Crippen LogP contribution in [0.2, 0.25) is 0 Å². The molecule has 0 radical (unpaired) electrons. The molecule has 0 aromatic carbocycles. The summed E-state index contributed by atoms with van der Waals surface area (Å²) in [5.74, 6) is -0.577. The molecule has 1 unspecified atom stereocenters. The molecule has 0 aliphatic rings. The topological polar surface area (TPSA) is 76.6 Å². The van der Waals surface area contributed by atoms with E-state index in [0.29, 0.717) is 16.5 Å². The Morgan fingerprint density at radius 2 is 2.00 bits per heavy atom. The number of rotatable bonds is 5. The molecule has 1 aromatic heterocycles. The lowest BCUT2D eigenvalue weighted by molar-refractivity contribution is -0.139. The number of hydrogen-bond donors (Lipinski definition) is 0. The van der Waals surface area contributed by atoms with Crippen molar-refractivity contribution in [2.45, 2.75) is 12.2 Å². The van der Waals surface area contributed by atoms with Gasteiger partial charge in [-0.25, -0.2) is 0 Å². The average Bonchev–Trinajstić information content (AvgIpc) is 2.37. The van der Waals surface area contributed by atoms with Gasteiger partial charge < -0.3 is 4.74 Å². The van der Waals surface area contributed by atoms with E-state index in [1.54, 1.807) is 12.1 Å². The lowest BCUT2D eigenvalue weighted by atomic mass is 10.4. The van der Waals surface area contributed by atoms with Crippen molar-refractivity contribution in [3.05, 3.63) is 24.5 Å². The van der Waals surface area contributed by atoms with Gasteiger partial charge >= 0.3 is 5.97 Å². The van der Waals surface area contributed by atoms with E-state index in [1.165, 1.54) is 33.5 Å². The van der Waals surface area contributed by atoms with Crippen LogP contribution in [0.3, 0.4) is 0 Å². The summed E-state index contributed by atoms with van der Waals surface area (Å²) in [7, 11) is -0.466. The summed E-state index contributed by atoms with van der Waals surface area (Å²) in [6.07, 6.45) is 2.99. The summed E-state index contributed by atoms with van der Waals surface area (Å²) in [5, 5.41) is -0.788. The number of aromatic nitrogens is 1. The molecule has 1 aromatic rings. The molecule has 1 atom stereocenters. The third kappa shape index (κ3) is 3.61. The molecule has 1 rings (SSSR count). The minimum Gasteiger partial charge on any atom is -0.468 e. The summed E-state index contributed by atoms with van der Waals surface area (Å²) < 4.78 is 29.6. The molecule has 100 valence electrons. The standard InChI is InChI=1S/C10H14N2O4S2/c1-8(10(13)16-3)17-18(14,15)12(2)9-4-6-11-7-5-9/h4-8H,1-3H3. The highest BCUT2D eigenvalue weighted by atomic mass is 33.1. The molecule has 0 saturated heterocycles. The number of nitrogens with zero attached hydrogens (tertiary/aromatic N) is 2. The number of methoxy groups -OCH3 is 1. The van der Waals surface area contributed by atoms with Crippen molar-refractivity contribution in [2.24, 2.45) is 0 Å². The minimum atomic E-state index is -3.65. The Morgan fingerprint density at radius 3 is 2.50 bits per heavy atom. The molecule has 8 heteroatoms. The molecule has 0 bridgehead atoms. The second-order valence-electron chi connectivity index (χ2n) is 3.39. The van der Waals surface area contributed by atoms with Crippen LogP contribution in [0.1, 0.15) is 6.92 Å². The zero-order chi connectivity index (χ0) is 13.8. The molecule has 1 heterocycles. The second kappa shape index (κ2) is 6.05. The number of anilines is 1. The van der Waals surface area contributed by atoms with Crippen LogP contribution in [0.4, 0.5) is 5.69 Å². The van der Waals surface area contributed by atoms with Crippen LogP contribution >= 0.6 is 10.8 Å². The highest BCUT2D eigenvalue weighted by molar-refractivity contribution is 8.72. The van der Waals surface area contributed by atoms with E-state index in [0.717, 1.165) is 4.31 Å². The Hall–Kier alpha value is -1.28. The van der Waals surface area contributed by atoms with Crippen LogP contribution in [-0.2, 0) is 18.6 Å². The maximum Gasteiger partial charge on any atom is 0.319 e. The lowest BCUT2D eigenvalue weighted by Crippen LogP contribution is -2.27. The molecule has 6 nitrogen and oxygen atoms in total. The summed E-state index contributed by atoms with van der Waals surface area (Å²) in [6.45, 7) is 1.48. The number of carbonyl (C=O) groups excluding carboxylic acids is 1. The number of pyridine rings is 1. The Morgan fingerprint density at radius 1 is 1.44 bits per heavy atom. The van der Waals surface area contributed by atoms with Crippen molar-refractivity contribution in [3.63, 3.8) is 0 Å². The van der Waals surface area contributed by atoms with Crippen LogP contribution in [0.15, 0.2) is 24.5 Å². The predicted octanol–water partition coefficient (Wildman–Crippen LogP) is 1.06. The first-order chi connectivity index (χ1) is 8.38. The van der Waals surface area contributed by atoms with Gasteiger partial charge in [0, 0.05) is 30.2 Å². The Bertz CT molecular complexity index is 504. The molecule has 0 spiro atoms. The van der Waals surface area contributed by atoms with Crippen LogP contribution in [0.25, 0.3) is 0 Å². The smallest absolute Gasteiger partial charge is 0.319 e. The third-order valence-electron chi connectivity index (χ3n) is 2.16. The van der Waals surface area contributed by atoms with Crippen LogP contribution in [-0.4, -0.2) is 38.8 Å². The summed E-state index contributed by atoms with van der Waals surface area (Å²) in [4.78, 5) is 15.0. The average molecular weight is 290 g/mol. The normalized spacial score (nSPS) is 12.8. The monoisotopic (exact) mass is 290 g/mol. The maximum absolute atomic E-state index is 12.0. The zero-order valence-electron chi connectivity index (χ0n) is 10.2. The lowest BCUT2D eigenvalue weighted by Gasteiger charge is -2.19. The number of esters is 1. The largest absolute Gasteiger partial charge is 0.468 e. The molecule has 0 N–H and O–H groups in total. The quantitative estimate of drug-likeness (QED) is 0.596. The molecular formula is C10H14N2O4S2. The van der Waals surface area contributed by atoms with Crippen molar-refractivity contribution in [1.29, 1.82) is 0 Å². The van der Waals surface area contributed by atoms with E-state index in [2.05, 4.69) is 9.72 Å². The van der Waals surface area contributed by atoms with Gasteiger partial charge in [0.15, 0.2) is 0 Å². The van der Waals surface area contributed by atoms with Gasteiger partial charge in [-0.05, 0) is 19.1 Å². The summed E-state index contributed by atoms with van der Waals surface area (Å²) in [6, 6.07) is 3.14. The van der Waals surface area contributed by atoms with E-state index in [1.807, 2.05) is 0 Å². The van der Waals surface area contributed by atoms with E-state index in [4.69, 9.17) is 0 Å². The summed E-state index contributed by atoms with van der Waals surface area (Å²) >= 11 is 0. The first kappa shape index (κ1) is 14.8. The Labute approximate surface area is 110 Å². The van der Waals surface area contributed by atoms with Gasteiger partial charge in [0.2, 0.25) is 0 Å². The van der Waals surface area contributed by atoms with E-state index in [9.17, 15) is 13.2 Å². The highest BCUT2D eigenvalue weighted by Crippen LogP contribution is 2.26. The van der Waals surface area contributed by atoms with E-state index in [-0.39, 0.29) is 0 Å². The van der Waals surface area contributed by atoms with Crippen LogP contribution in [0.5, 0.6) is 0 Å². The third-order valence-corrected chi connectivity index (χ3v) is 6.03. The molecule has 0 fully saturated rings. The van der Waals surface area contributed by atoms with Crippen molar-refractivity contribution in [3.8, 4) is 0 Å². The molecular weight excluding hydrogens is 276 g/mol. The number of ether oxygens (including phenoxy) is 1. The summed E-state index contributed by atoms with van der Waals surface area (Å²) in [5.41, 5.74) is 0.481. The van der Waals surface area contributed by atoms with Gasteiger partial charge in [0.05, 0.1) is 12.8 Å². The van der Waals surface area contributed by atoms with Gasteiger partial charge in [-0.1, -0.05) is 0 Å². The van der Waals surface area contributed by atoms with Gasteiger partial charge in [-0.15, -0.1) is 0 Å². The van der Waals surface area contributed by atoms with Crippen molar-refractivity contribution in [1.82, 2.24) is 4.98 Å². The highest BCUT2D eigenvalue weighted by Gasteiger charge is 2.27. The fraction of sp³-hybridized carbons (Fsp3) is 0.400. The minimum absolute atomic E-state index is 0.481. The molecule has 18 heavy (non-hydrogen) atoms. The Balaban J connectivity index is 2.85. The van der Waals surface area contributed by atoms with Crippen LogP contribution < -0.4 is 4.31 Å². The molecule has 0 aliphatic heterocycles. The molecule has 0 amide bonds. The van der Waals surface area contributed by atoms with Gasteiger partial charge in [-0.2, -0.15) is 8.42 Å². The van der Waals surface area contributed by atoms with Crippen molar-refractivity contribution in [2.75, 3.05) is 18.5 Å². The molecule has 0 aliphatic carbocycles. The van der Waals surface area contributed by atoms with E-state index >= 15 is 0 Å². The van der Waals surface area contributed by atoms with E-state index < -0.39 is 20.3 Å². The maximum atomic E-state index is 12.0. The first-order valence-electron chi connectivity index (χ1n) is 5.03. The van der Waals surface area contributed by atoms with Crippen molar-refractivity contribution < 1.29 is 17.9 Å². The molecule has 0 saturated carbocycles. The van der Waals surface area contributed by atoms with Gasteiger partial charge in [-0.3, -0.25) is 14.1 Å². The number of carbonyl (C=O) groups is 1. The number of hydrogen-bond acceptors (Lipinski definition) is 6. The van der Waals surface area contributed by atoms with Crippen molar-refractivity contribution >= 4 is 31.5 Å². The van der Waals surface area contributed by atoms with Gasteiger partial charge in [0.25, 0.3) is 9.06 Å². The van der Waals surface area contributed by atoms with Gasteiger partial charge in [0.1, 0.15) is 5.25 Å². The fourth-order valence-corrected chi connectivity index (χ4v) is 4.16. The zero-order valence-corrected chi connectivity index (χ0v) is 11.9. The first-order valence-corrected chi connectivity index (χ1v) is 7.87.